The van der Waals surface area contributed by atoms with Crippen LogP contribution in [-0.2, 0) is 14.8 Å². The van der Waals surface area contributed by atoms with Crippen LogP contribution in [0.4, 0.5) is 5.82 Å². The number of nitrogens with two attached hydrogens (primary N) is 1. The number of imidazole rings is 1. The third-order valence-electron chi connectivity index (χ3n) is 2.87. The largest absolute Gasteiger partial charge is 0.371 e. The maximum absolute atomic E-state index is 12.4. The minimum atomic E-state index is -3.75. The van der Waals surface area contributed by atoms with Crippen LogP contribution in [-0.4, -0.2) is 37.3 Å². The Kier molecular flexibility index (Phi) is 4.43. The minimum Gasteiger partial charge on any atom is -0.371 e. The van der Waals surface area contributed by atoms with Crippen LogP contribution in [0.25, 0.3) is 5.65 Å². The van der Waals surface area contributed by atoms with Crippen LogP contribution >= 0.6 is 0 Å². The molecular formula is C12H17N5O3S. The first kappa shape index (κ1) is 15.3. The maximum Gasteiger partial charge on any atom is 0.260 e. The van der Waals surface area contributed by atoms with Crippen LogP contribution in [0.2, 0.25) is 0 Å². The molecule has 0 atom stereocenters. The molecule has 0 aliphatic rings. The van der Waals surface area contributed by atoms with Gasteiger partial charge in [-0.2, -0.15) is 0 Å². The minimum absolute atomic E-state index is 0.0414. The summed E-state index contributed by atoms with van der Waals surface area (Å²) in [7, 11) is -2.14. The Hall–Kier alpha value is -2.13. The van der Waals surface area contributed by atoms with Crippen molar-refractivity contribution >= 4 is 27.4 Å². The van der Waals surface area contributed by atoms with Crippen LogP contribution in [0.15, 0.2) is 29.4 Å². The summed E-state index contributed by atoms with van der Waals surface area (Å²) in [5.41, 5.74) is 5.54. The van der Waals surface area contributed by atoms with E-state index in [0.717, 1.165) is 0 Å². The lowest BCUT2D eigenvalue weighted by atomic mass is 10.3. The van der Waals surface area contributed by atoms with Crippen molar-refractivity contribution in [3.8, 4) is 0 Å². The molecule has 2 aromatic rings. The van der Waals surface area contributed by atoms with E-state index in [1.165, 1.54) is 4.40 Å². The van der Waals surface area contributed by atoms with Gasteiger partial charge in [0.15, 0.2) is 10.8 Å². The molecule has 0 saturated heterocycles. The smallest absolute Gasteiger partial charge is 0.260 e. The molecule has 0 aliphatic heterocycles. The summed E-state index contributed by atoms with van der Waals surface area (Å²) in [4.78, 5) is 14.9. The fourth-order valence-electron chi connectivity index (χ4n) is 1.93. The van der Waals surface area contributed by atoms with Gasteiger partial charge in [-0.25, -0.2) is 18.1 Å². The Balaban J connectivity index is 2.29. The Bertz CT molecular complexity index is 753. The van der Waals surface area contributed by atoms with Gasteiger partial charge in [0.2, 0.25) is 5.91 Å². The first-order valence-corrected chi connectivity index (χ1v) is 7.87. The van der Waals surface area contributed by atoms with Crippen molar-refractivity contribution in [1.29, 1.82) is 0 Å². The molecule has 1 amide bonds. The molecule has 2 aromatic heterocycles. The van der Waals surface area contributed by atoms with E-state index in [9.17, 15) is 13.2 Å². The number of pyridine rings is 1. The van der Waals surface area contributed by atoms with Crippen LogP contribution in [0.1, 0.15) is 12.8 Å². The van der Waals surface area contributed by atoms with Gasteiger partial charge in [0.25, 0.3) is 10.0 Å². The summed E-state index contributed by atoms with van der Waals surface area (Å²) >= 11 is 0. The molecule has 21 heavy (non-hydrogen) atoms. The number of primary amides is 1. The van der Waals surface area contributed by atoms with Gasteiger partial charge in [-0.15, -0.1) is 0 Å². The summed E-state index contributed by atoms with van der Waals surface area (Å²) in [6, 6.07) is 5.21. The highest BCUT2D eigenvalue weighted by Crippen LogP contribution is 2.21. The van der Waals surface area contributed by atoms with Gasteiger partial charge in [0.05, 0.1) is 0 Å². The van der Waals surface area contributed by atoms with E-state index >= 15 is 0 Å². The van der Waals surface area contributed by atoms with Crippen molar-refractivity contribution in [2.75, 3.05) is 18.9 Å². The van der Waals surface area contributed by atoms with E-state index < -0.39 is 15.9 Å². The van der Waals surface area contributed by atoms with Crippen molar-refractivity contribution in [3.63, 3.8) is 0 Å². The summed E-state index contributed by atoms with van der Waals surface area (Å²) in [5.74, 6) is -0.191. The second-order valence-corrected chi connectivity index (χ2v) is 6.09. The topological polar surface area (TPSA) is 119 Å². The molecular weight excluding hydrogens is 294 g/mol. The number of aromatic nitrogens is 2. The number of anilines is 1. The number of fused-ring (bicyclic) bond motifs is 1. The molecule has 8 nitrogen and oxygen atoms in total. The zero-order chi connectivity index (χ0) is 15.5. The van der Waals surface area contributed by atoms with Gasteiger partial charge in [-0.3, -0.25) is 9.20 Å². The van der Waals surface area contributed by atoms with Gasteiger partial charge in [0.1, 0.15) is 5.65 Å². The van der Waals surface area contributed by atoms with Crippen LogP contribution in [0.5, 0.6) is 0 Å². The van der Waals surface area contributed by atoms with E-state index in [0.29, 0.717) is 12.1 Å². The third kappa shape index (κ3) is 3.31. The van der Waals surface area contributed by atoms with Gasteiger partial charge in [-0.05, 0) is 18.6 Å². The van der Waals surface area contributed by atoms with Crippen molar-refractivity contribution in [2.45, 2.75) is 17.9 Å². The second kappa shape index (κ2) is 6.10. The number of nitrogens with zero attached hydrogens (tertiary/aromatic N) is 2. The zero-order valence-electron chi connectivity index (χ0n) is 11.5. The van der Waals surface area contributed by atoms with Crippen molar-refractivity contribution < 1.29 is 13.2 Å². The molecule has 114 valence electrons. The molecule has 0 unspecified atom stereocenters. The molecule has 0 spiro atoms. The Morgan fingerprint density at radius 3 is 2.86 bits per heavy atom. The lowest BCUT2D eigenvalue weighted by molar-refractivity contribution is -0.118. The van der Waals surface area contributed by atoms with E-state index in [-0.39, 0.29) is 23.8 Å². The highest BCUT2D eigenvalue weighted by Gasteiger charge is 2.24. The SMILES string of the molecule is CNc1nc2ccccn2c1S(=O)(=O)NCCCC(N)=O. The number of carbonyl (C=O) groups excluding carboxylic acids is 1. The summed E-state index contributed by atoms with van der Waals surface area (Å²) < 4.78 is 28.7. The Morgan fingerprint density at radius 2 is 2.19 bits per heavy atom. The number of sulfonamides is 1. The van der Waals surface area contributed by atoms with E-state index in [4.69, 9.17) is 5.73 Å². The molecule has 2 heterocycles. The molecule has 0 aromatic carbocycles. The molecule has 2 rings (SSSR count). The molecule has 0 fully saturated rings. The monoisotopic (exact) mass is 311 g/mol. The molecule has 0 saturated carbocycles. The van der Waals surface area contributed by atoms with Crippen LogP contribution in [0, 0.1) is 0 Å². The standard InChI is InChI=1S/C12H17N5O3S/c1-14-11-12(17-8-3-2-6-10(17)16-11)21(19,20)15-7-4-5-9(13)18/h2-3,6,8,14-15H,4-5,7H2,1H3,(H2,13,18). The fourth-order valence-corrected chi connectivity index (χ4v) is 3.30. The zero-order valence-corrected chi connectivity index (χ0v) is 12.4. The lowest BCUT2D eigenvalue weighted by Crippen LogP contribution is -2.27. The van der Waals surface area contributed by atoms with Crippen LogP contribution < -0.4 is 15.8 Å². The number of hydrogen-bond acceptors (Lipinski definition) is 5. The van der Waals surface area contributed by atoms with Gasteiger partial charge in [-0.1, -0.05) is 6.07 Å². The fraction of sp³-hybridized carbons (Fsp3) is 0.333. The van der Waals surface area contributed by atoms with Crippen LogP contribution in [0.3, 0.4) is 0 Å². The number of nitrogens with one attached hydrogen (secondary N) is 2. The lowest BCUT2D eigenvalue weighted by Gasteiger charge is -2.07. The maximum atomic E-state index is 12.4. The number of amides is 1. The third-order valence-corrected chi connectivity index (χ3v) is 4.35. The quantitative estimate of drug-likeness (QED) is 0.618. The Labute approximate surface area is 122 Å². The summed E-state index contributed by atoms with van der Waals surface area (Å²) in [6.45, 7) is 0.133. The van der Waals surface area contributed by atoms with Crippen molar-refractivity contribution in [3.05, 3.63) is 24.4 Å². The molecule has 4 N–H and O–H groups in total. The van der Waals surface area contributed by atoms with Gasteiger partial charge in [0, 0.05) is 26.2 Å². The summed E-state index contributed by atoms with van der Waals surface area (Å²) in [5, 5.41) is 2.82. The van der Waals surface area contributed by atoms with Crippen molar-refractivity contribution in [2.24, 2.45) is 5.73 Å². The molecule has 9 heteroatoms. The average molecular weight is 311 g/mol. The molecule has 0 radical (unpaired) electrons. The number of carbonyl (C=O) groups is 1. The average Bonchev–Trinajstić information content (AvgIpc) is 2.82. The highest BCUT2D eigenvalue weighted by molar-refractivity contribution is 7.89. The molecule has 0 aliphatic carbocycles. The van der Waals surface area contributed by atoms with Gasteiger partial charge < -0.3 is 11.1 Å². The van der Waals surface area contributed by atoms with E-state index in [1.54, 1.807) is 31.4 Å². The predicted molar refractivity (Wildman–Crippen MR) is 78.4 cm³/mol. The Morgan fingerprint density at radius 1 is 1.43 bits per heavy atom. The highest BCUT2D eigenvalue weighted by atomic mass is 32.2. The van der Waals surface area contributed by atoms with Crippen molar-refractivity contribution in [1.82, 2.24) is 14.1 Å². The van der Waals surface area contributed by atoms with Gasteiger partial charge >= 0.3 is 0 Å². The first-order valence-electron chi connectivity index (χ1n) is 6.38. The predicted octanol–water partition coefficient (Wildman–Crippen LogP) is -0.0802. The summed E-state index contributed by atoms with van der Waals surface area (Å²) in [6.07, 6.45) is 2.11. The van der Waals surface area contributed by atoms with E-state index in [2.05, 4.69) is 15.0 Å². The molecule has 0 bridgehead atoms. The number of rotatable bonds is 7. The first-order chi connectivity index (χ1) is 9.95. The second-order valence-electron chi connectivity index (χ2n) is 4.41. The normalized spacial score (nSPS) is 11.7. The number of hydrogen-bond donors (Lipinski definition) is 3. The van der Waals surface area contributed by atoms with E-state index in [1.807, 2.05) is 0 Å².